The Labute approximate surface area is 168 Å². The number of nitrogens with zero attached hydrogens (tertiary/aromatic N) is 1. The molecule has 4 rings (SSSR count). The molecule has 5 nitrogen and oxygen atoms in total. The summed E-state index contributed by atoms with van der Waals surface area (Å²) >= 11 is 0. The first kappa shape index (κ1) is 19.8. The molecule has 1 aliphatic carbocycles. The number of carbonyl (C=O) groups excluding carboxylic acids is 1. The van der Waals surface area contributed by atoms with Crippen molar-refractivity contribution in [1.29, 1.82) is 0 Å². The number of benzene rings is 2. The first-order valence-corrected chi connectivity index (χ1v) is 9.92. The Balaban J connectivity index is 1.53. The maximum atomic E-state index is 14.0. The third-order valence-electron chi connectivity index (χ3n) is 5.71. The van der Waals surface area contributed by atoms with E-state index >= 15 is 0 Å². The van der Waals surface area contributed by atoms with Gasteiger partial charge in [0.15, 0.2) is 0 Å². The lowest BCUT2D eigenvalue weighted by Crippen LogP contribution is -2.52. The normalized spacial score (nSPS) is 27.1. The van der Waals surface area contributed by atoms with E-state index in [9.17, 15) is 18.7 Å². The molecule has 2 aliphatic rings. The standard InChI is InChI=1S/C22H24F2N2O3/c23-14-6-5-7-15(12-14)29-19-13-18(20(21(19)27)26-10-3-4-11-26)25-22(28)16-8-1-2-9-17(16)24/h1-2,5-9,12,18-21,27H,3-4,10-11,13H2,(H,25,28)/t18-,19-,20+,21+/m1/s1. The van der Waals surface area contributed by atoms with E-state index in [0.29, 0.717) is 12.2 Å². The van der Waals surface area contributed by atoms with Crippen LogP contribution in [-0.4, -0.2) is 53.3 Å². The third-order valence-corrected chi connectivity index (χ3v) is 5.71. The molecule has 0 spiro atoms. The summed E-state index contributed by atoms with van der Waals surface area (Å²) in [6.45, 7) is 1.64. The minimum Gasteiger partial charge on any atom is -0.487 e. The van der Waals surface area contributed by atoms with E-state index < -0.39 is 35.8 Å². The van der Waals surface area contributed by atoms with Gasteiger partial charge in [0.25, 0.3) is 5.91 Å². The number of likely N-dealkylation sites (tertiary alicyclic amines) is 1. The SMILES string of the molecule is O=C(N[C@@H]1C[C@@H](Oc2cccc(F)c2)[C@H](O)[C@H]1N1CCCC1)c1ccccc1F. The first-order chi connectivity index (χ1) is 14.0. The van der Waals surface area contributed by atoms with Crippen LogP contribution in [0.1, 0.15) is 29.6 Å². The Morgan fingerprint density at radius 2 is 1.86 bits per heavy atom. The van der Waals surface area contributed by atoms with Crippen molar-refractivity contribution >= 4 is 5.91 Å². The van der Waals surface area contributed by atoms with Gasteiger partial charge in [-0.2, -0.15) is 0 Å². The largest absolute Gasteiger partial charge is 0.487 e. The van der Waals surface area contributed by atoms with Gasteiger partial charge in [0.2, 0.25) is 0 Å². The zero-order valence-electron chi connectivity index (χ0n) is 15.9. The van der Waals surface area contributed by atoms with E-state index in [1.807, 2.05) is 0 Å². The molecule has 0 bridgehead atoms. The van der Waals surface area contributed by atoms with Crippen molar-refractivity contribution in [1.82, 2.24) is 10.2 Å². The molecule has 2 aromatic carbocycles. The lowest BCUT2D eigenvalue weighted by molar-refractivity contribution is 0.0138. The number of carbonyl (C=O) groups is 1. The summed E-state index contributed by atoms with van der Waals surface area (Å²) in [4.78, 5) is 14.8. The van der Waals surface area contributed by atoms with Crippen LogP contribution in [0.25, 0.3) is 0 Å². The Kier molecular flexibility index (Phi) is 5.78. The molecule has 0 aromatic heterocycles. The van der Waals surface area contributed by atoms with Crippen LogP contribution < -0.4 is 10.1 Å². The number of amides is 1. The van der Waals surface area contributed by atoms with Gasteiger partial charge in [-0.05, 0) is 50.2 Å². The van der Waals surface area contributed by atoms with E-state index in [2.05, 4.69) is 10.2 Å². The predicted molar refractivity (Wildman–Crippen MR) is 104 cm³/mol. The van der Waals surface area contributed by atoms with Crippen molar-refractivity contribution in [3.05, 3.63) is 65.7 Å². The van der Waals surface area contributed by atoms with Crippen LogP contribution in [-0.2, 0) is 0 Å². The first-order valence-electron chi connectivity index (χ1n) is 9.92. The Bertz CT molecular complexity index is 873. The lowest BCUT2D eigenvalue weighted by atomic mass is 10.1. The van der Waals surface area contributed by atoms with Crippen LogP contribution in [0.3, 0.4) is 0 Å². The molecule has 0 unspecified atom stereocenters. The van der Waals surface area contributed by atoms with E-state index in [4.69, 9.17) is 4.74 Å². The molecule has 1 aliphatic heterocycles. The monoisotopic (exact) mass is 402 g/mol. The van der Waals surface area contributed by atoms with Gasteiger partial charge < -0.3 is 15.2 Å². The Hall–Kier alpha value is -2.51. The predicted octanol–water partition coefficient (Wildman–Crippen LogP) is 2.74. The Morgan fingerprint density at radius 3 is 2.59 bits per heavy atom. The van der Waals surface area contributed by atoms with Gasteiger partial charge in [-0.1, -0.05) is 18.2 Å². The van der Waals surface area contributed by atoms with Crippen molar-refractivity contribution in [3.8, 4) is 5.75 Å². The van der Waals surface area contributed by atoms with Crippen LogP contribution in [0, 0.1) is 11.6 Å². The molecule has 7 heteroatoms. The molecule has 1 saturated heterocycles. The summed E-state index contributed by atoms with van der Waals surface area (Å²) in [6.07, 6.45) is 0.925. The van der Waals surface area contributed by atoms with Gasteiger partial charge in [-0.3, -0.25) is 9.69 Å². The second kappa shape index (κ2) is 8.47. The Morgan fingerprint density at radius 1 is 1.10 bits per heavy atom. The number of hydrogen-bond donors (Lipinski definition) is 2. The average Bonchev–Trinajstić information content (AvgIpc) is 3.31. The van der Waals surface area contributed by atoms with Gasteiger partial charge in [-0.15, -0.1) is 0 Å². The molecule has 2 fully saturated rings. The van der Waals surface area contributed by atoms with Crippen LogP contribution in [0.2, 0.25) is 0 Å². The van der Waals surface area contributed by atoms with Gasteiger partial charge >= 0.3 is 0 Å². The zero-order chi connectivity index (χ0) is 20.4. The number of halogens is 2. The fraction of sp³-hybridized carbons (Fsp3) is 0.409. The second-order valence-corrected chi connectivity index (χ2v) is 7.63. The molecule has 2 N–H and O–H groups in total. The summed E-state index contributed by atoms with van der Waals surface area (Å²) in [5.74, 6) is -1.20. The van der Waals surface area contributed by atoms with E-state index in [0.717, 1.165) is 25.9 Å². The topological polar surface area (TPSA) is 61.8 Å². The molecule has 1 amide bonds. The number of aliphatic hydroxyl groups excluding tert-OH is 1. The molecule has 4 atom stereocenters. The van der Waals surface area contributed by atoms with Crippen molar-refractivity contribution < 1.29 is 23.4 Å². The van der Waals surface area contributed by atoms with Crippen LogP contribution in [0.4, 0.5) is 8.78 Å². The summed E-state index contributed by atoms with van der Waals surface area (Å²) in [6, 6.07) is 10.8. The van der Waals surface area contributed by atoms with Gasteiger partial charge in [0.1, 0.15) is 29.6 Å². The van der Waals surface area contributed by atoms with Gasteiger partial charge in [-0.25, -0.2) is 8.78 Å². The second-order valence-electron chi connectivity index (χ2n) is 7.63. The van der Waals surface area contributed by atoms with Crippen molar-refractivity contribution in [2.24, 2.45) is 0 Å². The van der Waals surface area contributed by atoms with E-state index in [-0.39, 0.29) is 11.6 Å². The number of hydrogen-bond acceptors (Lipinski definition) is 4. The molecule has 0 radical (unpaired) electrons. The lowest BCUT2D eigenvalue weighted by Gasteiger charge is -2.32. The third kappa shape index (κ3) is 4.26. The number of aliphatic hydroxyl groups is 1. The average molecular weight is 402 g/mol. The molecule has 1 heterocycles. The molecule has 2 aromatic rings. The van der Waals surface area contributed by atoms with Crippen molar-refractivity contribution in [3.63, 3.8) is 0 Å². The van der Waals surface area contributed by atoms with Gasteiger partial charge in [0.05, 0.1) is 17.6 Å². The highest BCUT2D eigenvalue weighted by molar-refractivity contribution is 5.94. The van der Waals surface area contributed by atoms with E-state index in [1.165, 1.54) is 30.3 Å². The molecular weight excluding hydrogens is 378 g/mol. The summed E-state index contributed by atoms with van der Waals surface area (Å²) in [5, 5.41) is 13.8. The maximum absolute atomic E-state index is 14.0. The summed E-state index contributed by atoms with van der Waals surface area (Å²) < 4.78 is 33.4. The number of nitrogens with one attached hydrogen (secondary N) is 1. The van der Waals surface area contributed by atoms with E-state index in [1.54, 1.807) is 18.2 Å². The quantitative estimate of drug-likeness (QED) is 0.808. The molecule has 154 valence electrons. The molecule has 29 heavy (non-hydrogen) atoms. The highest BCUT2D eigenvalue weighted by Gasteiger charge is 2.48. The number of ether oxygens (including phenoxy) is 1. The molecular formula is C22H24F2N2O3. The minimum absolute atomic E-state index is 0.0309. The number of rotatable bonds is 5. The zero-order valence-corrected chi connectivity index (χ0v) is 15.9. The van der Waals surface area contributed by atoms with Gasteiger partial charge in [0, 0.05) is 12.5 Å². The smallest absolute Gasteiger partial charge is 0.254 e. The molecule has 1 saturated carbocycles. The van der Waals surface area contributed by atoms with Crippen LogP contribution in [0.5, 0.6) is 5.75 Å². The summed E-state index contributed by atoms with van der Waals surface area (Å²) in [5.41, 5.74) is -0.0309. The van der Waals surface area contributed by atoms with Crippen LogP contribution in [0.15, 0.2) is 48.5 Å². The highest BCUT2D eigenvalue weighted by atomic mass is 19.1. The van der Waals surface area contributed by atoms with Crippen LogP contribution >= 0.6 is 0 Å². The summed E-state index contributed by atoms with van der Waals surface area (Å²) in [7, 11) is 0. The highest BCUT2D eigenvalue weighted by Crippen LogP contribution is 2.31. The van der Waals surface area contributed by atoms with Crippen molar-refractivity contribution in [2.45, 2.75) is 43.6 Å². The minimum atomic E-state index is -0.859. The maximum Gasteiger partial charge on any atom is 0.254 e. The fourth-order valence-electron chi connectivity index (χ4n) is 4.37. The fourth-order valence-corrected chi connectivity index (χ4v) is 4.37. The van der Waals surface area contributed by atoms with Crippen molar-refractivity contribution in [2.75, 3.05) is 13.1 Å².